The van der Waals surface area contributed by atoms with E-state index >= 15 is 0 Å². The molecule has 0 N–H and O–H groups in total. The number of aryl methyl sites for hydroxylation is 1. The summed E-state index contributed by atoms with van der Waals surface area (Å²) >= 11 is 1.58. The van der Waals surface area contributed by atoms with Gasteiger partial charge in [0.1, 0.15) is 5.75 Å². The number of halogens is 1. The van der Waals surface area contributed by atoms with Crippen LogP contribution in [0.3, 0.4) is 0 Å². The molecular formula is C24H30ClN3O3S. The molecule has 1 saturated heterocycles. The van der Waals surface area contributed by atoms with Gasteiger partial charge in [0, 0.05) is 31.7 Å². The molecule has 1 aliphatic rings. The van der Waals surface area contributed by atoms with Crippen molar-refractivity contribution in [1.82, 2.24) is 9.88 Å². The maximum Gasteiger partial charge on any atom is 0.260 e. The zero-order chi connectivity index (χ0) is 21.6. The molecule has 0 bridgehead atoms. The molecule has 3 aromatic rings. The average Bonchev–Trinajstić information content (AvgIpc) is 3.23. The van der Waals surface area contributed by atoms with Crippen LogP contribution in [0.25, 0.3) is 10.2 Å². The van der Waals surface area contributed by atoms with Crippen molar-refractivity contribution < 1.29 is 14.3 Å². The number of morpholine rings is 1. The number of amides is 1. The van der Waals surface area contributed by atoms with Crippen molar-refractivity contribution in [2.75, 3.05) is 50.9 Å². The molecule has 0 atom stereocenters. The minimum absolute atomic E-state index is 0. The highest BCUT2D eigenvalue weighted by atomic mass is 35.5. The van der Waals surface area contributed by atoms with Gasteiger partial charge in [0.2, 0.25) is 0 Å². The summed E-state index contributed by atoms with van der Waals surface area (Å²) in [5, 5.41) is 0.746. The Morgan fingerprint density at radius 1 is 1.16 bits per heavy atom. The van der Waals surface area contributed by atoms with Crippen LogP contribution in [0.1, 0.15) is 29.8 Å². The summed E-state index contributed by atoms with van der Waals surface area (Å²) in [5.74, 6) is 0.733. The first-order chi connectivity index (χ1) is 15.2. The van der Waals surface area contributed by atoms with Crippen LogP contribution in [0.4, 0.5) is 5.13 Å². The second-order valence-corrected chi connectivity index (χ2v) is 8.53. The van der Waals surface area contributed by atoms with Gasteiger partial charge >= 0.3 is 0 Å². The number of aromatic nitrogens is 1. The van der Waals surface area contributed by atoms with Gasteiger partial charge in [-0.15, -0.1) is 12.4 Å². The minimum atomic E-state index is -0.0360. The van der Waals surface area contributed by atoms with Crippen LogP contribution in [0.5, 0.6) is 5.75 Å². The van der Waals surface area contributed by atoms with Crippen LogP contribution in [-0.4, -0.2) is 61.8 Å². The second-order valence-electron chi connectivity index (χ2n) is 7.52. The Labute approximate surface area is 199 Å². The van der Waals surface area contributed by atoms with Crippen LogP contribution in [0.15, 0.2) is 42.5 Å². The summed E-state index contributed by atoms with van der Waals surface area (Å²) in [4.78, 5) is 22.5. The predicted molar refractivity (Wildman–Crippen MR) is 133 cm³/mol. The quantitative estimate of drug-likeness (QED) is 0.474. The molecule has 6 nitrogen and oxygen atoms in total. The molecule has 4 rings (SSSR count). The Hall–Kier alpha value is -2.19. The number of nitrogens with zero attached hydrogens (tertiary/aromatic N) is 3. The number of thiazole rings is 1. The van der Waals surface area contributed by atoms with Crippen LogP contribution in [0.2, 0.25) is 0 Å². The van der Waals surface area contributed by atoms with E-state index in [4.69, 9.17) is 14.5 Å². The lowest BCUT2D eigenvalue weighted by Gasteiger charge is -2.29. The van der Waals surface area contributed by atoms with Crippen molar-refractivity contribution in [2.45, 2.75) is 20.3 Å². The van der Waals surface area contributed by atoms with Crippen molar-refractivity contribution in [3.8, 4) is 5.75 Å². The Morgan fingerprint density at radius 2 is 1.91 bits per heavy atom. The van der Waals surface area contributed by atoms with Gasteiger partial charge in [0.15, 0.2) is 5.13 Å². The van der Waals surface area contributed by atoms with Crippen molar-refractivity contribution >= 4 is 45.0 Å². The predicted octanol–water partition coefficient (Wildman–Crippen LogP) is 4.66. The smallest absolute Gasteiger partial charge is 0.260 e. The number of hydrogen-bond acceptors (Lipinski definition) is 6. The van der Waals surface area contributed by atoms with E-state index in [0.29, 0.717) is 18.7 Å². The molecule has 1 aromatic heterocycles. The van der Waals surface area contributed by atoms with Gasteiger partial charge in [-0.25, -0.2) is 4.98 Å². The van der Waals surface area contributed by atoms with Gasteiger partial charge in [-0.2, -0.15) is 0 Å². The lowest BCUT2D eigenvalue weighted by Crippen LogP contribution is -2.43. The summed E-state index contributed by atoms with van der Waals surface area (Å²) in [7, 11) is 0. The molecule has 8 heteroatoms. The van der Waals surface area contributed by atoms with Crippen LogP contribution >= 0.6 is 23.7 Å². The molecule has 1 aliphatic heterocycles. The van der Waals surface area contributed by atoms with E-state index in [1.54, 1.807) is 11.3 Å². The molecule has 172 valence electrons. The van der Waals surface area contributed by atoms with Crippen LogP contribution < -0.4 is 9.64 Å². The Balaban J connectivity index is 0.00000289. The Morgan fingerprint density at radius 3 is 2.59 bits per heavy atom. The van der Waals surface area contributed by atoms with Crippen molar-refractivity contribution in [2.24, 2.45) is 0 Å². The Kier molecular flexibility index (Phi) is 8.87. The molecule has 2 heterocycles. The number of hydrogen-bond donors (Lipinski definition) is 0. The molecule has 1 amide bonds. The zero-order valence-electron chi connectivity index (χ0n) is 18.6. The number of benzene rings is 2. The third-order valence-electron chi connectivity index (χ3n) is 5.48. The summed E-state index contributed by atoms with van der Waals surface area (Å²) in [6.45, 7) is 9.35. The van der Waals surface area contributed by atoms with E-state index in [-0.39, 0.29) is 18.3 Å². The Bertz CT molecular complexity index is 1020. The fraction of sp³-hybridized carbons (Fsp3) is 0.417. The summed E-state index contributed by atoms with van der Waals surface area (Å²) < 4.78 is 12.1. The lowest BCUT2D eigenvalue weighted by atomic mass is 10.2. The van der Waals surface area contributed by atoms with Gasteiger partial charge in [-0.3, -0.25) is 14.6 Å². The SMILES string of the molecule is CCOc1ccc(C(=O)N(CCN2CCOCC2)c2nc3ccc(CC)cc3s2)cc1.Cl. The molecule has 2 aromatic carbocycles. The van der Waals surface area contributed by atoms with E-state index in [0.717, 1.165) is 60.4 Å². The first-order valence-corrected chi connectivity index (χ1v) is 11.7. The lowest BCUT2D eigenvalue weighted by molar-refractivity contribution is 0.0391. The normalized spacial score (nSPS) is 14.2. The van der Waals surface area contributed by atoms with E-state index in [1.165, 1.54) is 5.56 Å². The first kappa shape index (κ1) is 24.5. The largest absolute Gasteiger partial charge is 0.494 e. The number of carbonyl (C=O) groups excluding carboxylic acids is 1. The molecular weight excluding hydrogens is 446 g/mol. The van der Waals surface area contributed by atoms with E-state index in [1.807, 2.05) is 36.1 Å². The highest BCUT2D eigenvalue weighted by molar-refractivity contribution is 7.22. The first-order valence-electron chi connectivity index (χ1n) is 10.9. The number of rotatable bonds is 8. The van der Waals surface area contributed by atoms with E-state index in [2.05, 4.69) is 30.0 Å². The van der Waals surface area contributed by atoms with E-state index < -0.39 is 0 Å². The molecule has 1 fully saturated rings. The molecule has 0 spiro atoms. The standard InChI is InChI=1S/C24H29N3O3S.ClH/c1-3-18-5-10-21-22(17-18)31-24(25-21)27(12-11-26-13-15-29-16-14-26)23(28)19-6-8-20(9-7-19)30-4-2;/h5-10,17H,3-4,11-16H2,1-2H3;1H. The van der Waals surface area contributed by atoms with Crippen molar-refractivity contribution in [3.05, 3.63) is 53.6 Å². The topological polar surface area (TPSA) is 54.9 Å². The maximum atomic E-state index is 13.5. The van der Waals surface area contributed by atoms with Crippen molar-refractivity contribution in [3.63, 3.8) is 0 Å². The van der Waals surface area contributed by atoms with E-state index in [9.17, 15) is 4.79 Å². The van der Waals surface area contributed by atoms with Gasteiger partial charge in [-0.05, 0) is 55.3 Å². The highest BCUT2D eigenvalue weighted by Gasteiger charge is 2.23. The fourth-order valence-corrected chi connectivity index (χ4v) is 4.71. The molecule has 0 radical (unpaired) electrons. The van der Waals surface area contributed by atoms with Gasteiger partial charge in [-0.1, -0.05) is 24.3 Å². The zero-order valence-corrected chi connectivity index (χ0v) is 20.2. The third-order valence-corrected chi connectivity index (χ3v) is 6.52. The second kappa shape index (κ2) is 11.6. The molecule has 0 saturated carbocycles. The average molecular weight is 476 g/mol. The monoisotopic (exact) mass is 475 g/mol. The van der Waals surface area contributed by atoms with Gasteiger partial charge in [0.25, 0.3) is 5.91 Å². The number of carbonyl (C=O) groups is 1. The van der Waals surface area contributed by atoms with Crippen LogP contribution in [0, 0.1) is 0 Å². The molecule has 32 heavy (non-hydrogen) atoms. The van der Waals surface area contributed by atoms with Crippen molar-refractivity contribution in [1.29, 1.82) is 0 Å². The summed E-state index contributed by atoms with van der Waals surface area (Å²) in [6, 6.07) is 13.7. The minimum Gasteiger partial charge on any atom is -0.494 e. The fourth-order valence-electron chi connectivity index (χ4n) is 3.66. The number of fused-ring (bicyclic) bond motifs is 1. The highest BCUT2D eigenvalue weighted by Crippen LogP contribution is 2.31. The van der Waals surface area contributed by atoms with Gasteiger partial charge in [0.05, 0.1) is 30.0 Å². The maximum absolute atomic E-state index is 13.5. The molecule has 0 unspecified atom stereocenters. The van der Waals surface area contributed by atoms with Gasteiger partial charge < -0.3 is 9.47 Å². The summed E-state index contributed by atoms with van der Waals surface area (Å²) in [5.41, 5.74) is 2.85. The number of anilines is 1. The number of ether oxygens (including phenoxy) is 2. The summed E-state index contributed by atoms with van der Waals surface area (Å²) in [6.07, 6.45) is 0.981. The van der Waals surface area contributed by atoms with Crippen LogP contribution in [-0.2, 0) is 11.2 Å². The molecule has 0 aliphatic carbocycles. The third kappa shape index (κ3) is 5.78.